The SMILES string of the molecule is CC.COc1cc(C)c(F)cc1C. The number of benzene rings is 1. The van der Waals surface area contributed by atoms with Crippen LogP contribution in [0.3, 0.4) is 0 Å². The molecule has 0 N–H and O–H groups in total. The molecular formula is C11H17FO. The molecule has 0 aliphatic carbocycles. The number of rotatable bonds is 1. The fourth-order valence-electron chi connectivity index (χ4n) is 0.974. The van der Waals surface area contributed by atoms with Crippen LogP contribution in [-0.2, 0) is 0 Å². The average molecular weight is 184 g/mol. The van der Waals surface area contributed by atoms with Gasteiger partial charge in [0.25, 0.3) is 0 Å². The standard InChI is InChI=1S/C9H11FO.C2H6/c1-6-5-9(11-3)7(2)4-8(6)10;1-2/h4-5H,1-3H3;1-2H3. The van der Waals surface area contributed by atoms with Crippen LogP contribution in [0, 0.1) is 19.7 Å². The quantitative estimate of drug-likeness (QED) is 0.649. The Kier molecular flexibility index (Phi) is 5.12. The Balaban J connectivity index is 0.000000671. The van der Waals surface area contributed by atoms with Crippen molar-refractivity contribution in [2.24, 2.45) is 0 Å². The third-order valence-corrected chi connectivity index (χ3v) is 1.68. The molecule has 1 aromatic rings. The number of hydrogen-bond acceptors (Lipinski definition) is 1. The van der Waals surface area contributed by atoms with Gasteiger partial charge in [0.2, 0.25) is 0 Å². The van der Waals surface area contributed by atoms with Gasteiger partial charge in [-0.3, -0.25) is 0 Å². The molecule has 0 aliphatic heterocycles. The van der Waals surface area contributed by atoms with E-state index in [0.717, 1.165) is 11.3 Å². The van der Waals surface area contributed by atoms with Crippen LogP contribution in [0.2, 0.25) is 0 Å². The summed E-state index contributed by atoms with van der Waals surface area (Å²) >= 11 is 0. The van der Waals surface area contributed by atoms with Gasteiger partial charge in [0.15, 0.2) is 0 Å². The molecule has 74 valence electrons. The maximum atomic E-state index is 12.8. The van der Waals surface area contributed by atoms with Crippen molar-refractivity contribution >= 4 is 0 Å². The molecule has 1 rings (SSSR count). The summed E-state index contributed by atoms with van der Waals surface area (Å²) in [5.41, 5.74) is 1.45. The minimum absolute atomic E-state index is 0.177. The van der Waals surface area contributed by atoms with Crippen molar-refractivity contribution in [3.8, 4) is 5.75 Å². The molecule has 0 radical (unpaired) electrons. The van der Waals surface area contributed by atoms with E-state index >= 15 is 0 Å². The first-order valence-electron chi connectivity index (χ1n) is 4.46. The van der Waals surface area contributed by atoms with Crippen molar-refractivity contribution in [3.05, 3.63) is 29.1 Å². The van der Waals surface area contributed by atoms with E-state index in [1.165, 1.54) is 6.07 Å². The Morgan fingerprint density at radius 1 is 1.08 bits per heavy atom. The van der Waals surface area contributed by atoms with Gasteiger partial charge >= 0.3 is 0 Å². The van der Waals surface area contributed by atoms with Crippen LogP contribution in [0.25, 0.3) is 0 Å². The zero-order chi connectivity index (χ0) is 10.4. The molecule has 0 unspecified atom stereocenters. The zero-order valence-electron chi connectivity index (χ0n) is 8.94. The Morgan fingerprint density at radius 3 is 2.08 bits per heavy atom. The van der Waals surface area contributed by atoms with Crippen LogP contribution >= 0.6 is 0 Å². The van der Waals surface area contributed by atoms with Crippen LogP contribution in [0.5, 0.6) is 5.75 Å². The van der Waals surface area contributed by atoms with Gasteiger partial charge in [-0.2, -0.15) is 0 Å². The van der Waals surface area contributed by atoms with Crippen LogP contribution in [-0.4, -0.2) is 7.11 Å². The zero-order valence-corrected chi connectivity index (χ0v) is 8.94. The number of halogens is 1. The normalized spacial score (nSPS) is 8.77. The first-order chi connectivity index (χ1) is 6.15. The summed E-state index contributed by atoms with van der Waals surface area (Å²) < 4.78 is 17.9. The summed E-state index contributed by atoms with van der Waals surface area (Å²) in [4.78, 5) is 0. The van der Waals surface area contributed by atoms with Crippen molar-refractivity contribution in [1.29, 1.82) is 0 Å². The Hall–Kier alpha value is -1.05. The van der Waals surface area contributed by atoms with Crippen molar-refractivity contribution in [2.75, 3.05) is 7.11 Å². The molecule has 0 spiro atoms. The highest BCUT2D eigenvalue weighted by molar-refractivity contribution is 5.36. The van der Waals surface area contributed by atoms with Gasteiger partial charge in [-0.1, -0.05) is 13.8 Å². The molecule has 1 nitrogen and oxygen atoms in total. The maximum Gasteiger partial charge on any atom is 0.126 e. The molecular weight excluding hydrogens is 167 g/mol. The molecule has 1 aromatic carbocycles. The minimum Gasteiger partial charge on any atom is -0.496 e. The van der Waals surface area contributed by atoms with Gasteiger partial charge in [0.05, 0.1) is 7.11 Å². The summed E-state index contributed by atoms with van der Waals surface area (Å²) in [6, 6.07) is 3.18. The van der Waals surface area contributed by atoms with E-state index in [2.05, 4.69) is 0 Å². The lowest BCUT2D eigenvalue weighted by molar-refractivity contribution is 0.410. The van der Waals surface area contributed by atoms with Crippen LogP contribution in [0.4, 0.5) is 4.39 Å². The molecule has 0 aliphatic rings. The van der Waals surface area contributed by atoms with Crippen LogP contribution < -0.4 is 4.74 Å². The van der Waals surface area contributed by atoms with E-state index in [0.29, 0.717) is 5.56 Å². The summed E-state index contributed by atoms with van der Waals surface area (Å²) in [7, 11) is 1.58. The monoisotopic (exact) mass is 184 g/mol. The summed E-state index contributed by atoms with van der Waals surface area (Å²) in [6.07, 6.45) is 0. The highest BCUT2D eigenvalue weighted by Crippen LogP contribution is 2.20. The van der Waals surface area contributed by atoms with Gasteiger partial charge in [0.1, 0.15) is 11.6 Å². The lowest BCUT2D eigenvalue weighted by Gasteiger charge is -2.05. The highest BCUT2D eigenvalue weighted by Gasteiger charge is 2.02. The lowest BCUT2D eigenvalue weighted by atomic mass is 10.1. The molecule has 0 fully saturated rings. The fourth-order valence-corrected chi connectivity index (χ4v) is 0.974. The Morgan fingerprint density at radius 2 is 1.62 bits per heavy atom. The predicted octanol–water partition coefficient (Wildman–Crippen LogP) is 3.48. The first-order valence-corrected chi connectivity index (χ1v) is 4.46. The van der Waals surface area contributed by atoms with Gasteiger partial charge in [0, 0.05) is 0 Å². The van der Waals surface area contributed by atoms with Crippen molar-refractivity contribution in [1.82, 2.24) is 0 Å². The number of ether oxygens (including phenoxy) is 1. The summed E-state index contributed by atoms with van der Waals surface area (Å²) in [5, 5.41) is 0. The smallest absolute Gasteiger partial charge is 0.126 e. The molecule has 0 saturated heterocycles. The van der Waals surface area contributed by atoms with Crippen molar-refractivity contribution in [3.63, 3.8) is 0 Å². The lowest BCUT2D eigenvalue weighted by Crippen LogP contribution is -1.90. The first kappa shape index (κ1) is 11.9. The molecule has 13 heavy (non-hydrogen) atoms. The highest BCUT2D eigenvalue weighted by atomic mass is 19.1. The van der Waals surface area contributed by atoms with E-state index < -0.39 is 0 Å². The number of hydrogen-bond donors (Lipinski definition) is 0. The molecule has 0 heterocycles. The number of aryl methyl sites for hydroxylation is 2. The van der Waals surface area contributed by atoms with Gasteiger partial charge in [-0.05, 0) is 37.1 Å². The van der Waals surface area contributed by atoms with E-state index in [9.17, 15) is 4.39 Å². The Labute approximate surface area is 79.5 Å². The minimum atomic E-state index is -0.177. The molecule has 0 aromatic heterocycles. The van der Waals surface area contributed by atoms with E-state index in [-0.39, 0.29) is 5.82 Å². The molecule has 0 atom stereocenters. The Bertz CT molecular complexity index is 269. The van der Waals surface area contributed by atoms with Gasteiger partial charge in [-0.15, -0.1) is 0 Å². The van der Waals surface area contributed by atoms with Gasteiger partial charge in [-0.25, -0.2) is 4.39 Å². The second-order valence-electron chi connectivity index (χ2n) is 2.57. The molecule has 0 amide bonds. The predicted molar refractivity (Wildman–Crippen MR) is 53.8 cm³/mol. The van der Waals surface area contributed by atoms with E-state index in [1.54, 1.807) is 20.1 Å². The second kappa shape index (κ2) is 5.57. The van der Waals surface area contributed by atoms with Crippen LogP contribution in [0.1, 0.15) is 25.0 Å². The molecule has 2 heteroatoms. The third-order valence-electron chi connectivity index (χ3n) is 1.68. The van der Waals surface area contributed by atoms with E-state index in [1.807, 2.05) is 20.8 Å². The number of methoxy groups -OCH3 is 1. The second-order valence-corrected chi connectivity index (χ2v) is 2.57. The van der Waals surface area contributed by atoms with Crippen molar-refractivity contribution < 1.29 is 9.13 Å². The van der Waals surface area contributed by atoms with Crippen LogP contribution in [0.15, 0.2) is 12.1 Å². The third kappa shape index (κ3) is 3.05. The molecule has 0 bridgehead atoms. The van der Waals surface area contributed by atoms with Crippen molar-refractivity contribution in [2.45, 2.75) is 27.7 Å². The molecule has 0 saturated carbocycles. The maximum absolute atomic E-state index is 12.8. The summed E-state index contributed by atoms with van der Waals surface area (Å²) in [5.74, 6) is 0.562. The van der Waals surface area contributed by atoms with E-state index in [4.69, 9.17) is 4.74 Å². The topological polar surface area (TPSA) is 9.23 Å². The summed E-state index contributed by atoms with van der Waals surface area (Å²) in [6.45, 7) is 7.54. The van der Waals surface area contributed by atoms with Gasteiger partial charge < -0.3 is 4.74 Å². The fraction of sp³-hybridized carbons (Fsp3) is 0.455. The largest absolute Gasteiger partial charge is 0.496 e. The average Bonchev–Trinajstić information content (AvgIpc) is 2.15.